The fourth-order valence-corrected chi connectivity index (χ4v) is 3.88. The smallest absolute Gasteiger partial charge is 0.234 e. The summed E-state index contributed by atoms with van der Waals surface area (Å²) in [6, 6.07) is 24.8. The van der Waals surface area contributed by atoms with Crippen molar-refractivity contribution in [3.8, 4) is 17.2 Å². The van der Waals surface area contributed by atoms with Crippen LogP contribution in [0, 0.1) is 6.92 Å². The van der Waals surface area contributed by atoms with Gasteiger partial charge in [-0.2, -0.15) is 0 Å². The Kier molecular flexibility index (Phi) is 7.26. The number of para-hydroxylation sites is 1. The van der Waals surface area contributed by atoms with Crippen LogP contribution in [0.1, 0.15) is 11.4 Å². The number of benzene rings is 3. The zero-order valence-corrected chi connectivity index (χ0v) is 19.2. The molecule has 0 radical (unpaired) electrons. The molecule has 0 fully saturated rings. The van der Waals surface area contributed by atoms with E-state index >= 15 is 0 Å². The number of carbonyl (C=O) groups excluding carboxylic acids is 1. The van der Waals surface area contributed by atoms with Gasteiger partial charge in [0.05, 0.1) is 12.9 Å². The van der Waals surface area contributed by atoms with Gasteiger partial charge in [-0.1, -0.05) is 47.7 Å². The van der Waals surface area contributed by atoms with E-state index in [1.807, 2.05) is 90.4 Å². The van der Waals surface area contributed by atoms with Crippen LogP contribution in [0.25, 0.3) is 5.69 Å². The normalized spacial score (nSPS) is 10.6. The Labute approximate surface area is 196 Å². The van der Waals surface area contributed by atoms with Gasteiger partial charge in [0.15, 0.2) is 11.0 Å². The first-order valence-corrected chi connectivity index (χ1v) is 11.4. The molecule has 0 saturated heterocycles. The van der Waals surface area contributed by atoms with Crippen molar-refractivity contribution < 1.29 is 14.3 Å². The molecule has 168 valence electrons. The summed E-state index contributed by atoms with van der Waals surface area (Å²) < 4.78 is 13.0. The van der Waals surface area contributed by atoms with Gasteiger partial charge >= 0.3 is 0 Å². The van der Waals surface area contributed by atoms with Crippen molar-refractivity contribution in [1.82, 2.24) is 14.8 Å². The van der Waals surface area contributed by atoms with Crippen molar-refractivity contribution in [3.63, 3.8) is 0 Å². The molecule has 0 spiro atoms. The first kappa shape index (κ1) is 22.4. The van der Waals surface area contributed by atoms with E-state index in [-0.39, 0.29) is 18.3 Å². The number of amides is 1. The second-order valence-corrected chi connectivity index (χ2v) is 8.18. The highest BCUT2D eigenvalue weighted by atomic mass is 32.2. The number of anilines is 1. The molecule has 1 amide bonds. The van der Waals surface area contributed by atoms with E-state index in [4.69, 9.17) is 9.47 Å². The third kappa shape index (κ3) is 5.93. The number of aryl methyl sites for hydroxylation is 1. The summed E-state index contributed by atoms with van der Waals surface area (Å²) in [6.07, 6.45) is 0. The second kappa shape index (κ2) is 10.7. The van der Waals surface area contributed by atoms with E-state index in [1.54, 1.807) is 7.11 Å². The topological polar surface area (TPSA) is 78.3 Å². The fourth-order valence-electron chi connectivity index (χ4n) is 3.11. The van der Waals surface area contributed by atoms with Crippen molar-refractivity contribution in [2.75, 3.05) is 18.2 Å². The number of methoxy groups -OCH3 is 1. The van der Waals surface area contributed by atoms with Gasteiger partial charge < -0.3 is 14.8 Å². The Morgan fingerprint density at radius 2 is 1.64 bits per heavy atom. The average molecular weight is 461 g/mol. The fraction of sp³-hybridized carbons (Fsp3) is 0.160. The molecule has 4 aromatic rings. The van der Waals surface area contributed by atoms with Gasteiger partial charge in [0.25, 0.3) is 0 Å². The van der Waals surface area contributed by atoms with Crippen LogP contribution in [0.5, 0.6) is 11.5 Å². The highest BCUT2D eigenvalue weighted by Crippen LogP contribution is 2.24. The van der Waals surface area contributed by atoms with E-state index in [0.717, 1.165) is 22.7 Å². The molecule has 0 bridgehead atoms. The SMILES string of the molecule is COc1ccc(OCc2nnc(SCC(=O)Nc3ccc(C)cc3)n2-c2ccccc2)cc1. The first-order valence-electron chi connectivity index (χ1n) is 10.4. The van der Waals surface area contributed by atoms with E-state index in [2.05, 4.69) is 15.5 Å². The summed E-state index contributed by atoms with van der Waals surface area (Å²) >= 11 is 1.33. The molecule has 0 atom stereocenters. The van der Waals surface area contributed by atoms with Crippen molar-refractivity contribution in [1.29, 1.82) is 0 Å². The molecule has 4 rings (SSSR count). The van der Waals surface area contributed by atoms with Crippen LogP contribution in [-0.4, -0.2) is 33.5 Å². The van der Waals surface area contributed by atoms with Crippen molar-refractivity contribution in [3.05, 3.63) is 90.3 Å². The summed E-state index contributed by atoms with van der Waals surface area (Å²) in [5.74, 6) is 2.20. The molecule has 1 N–H and O–H groups in total. The zero-order valence-electron chi connectivity index (χ0n) is 18.4. The Balaban J connectivity index is 1.47. The highest BCUT2D eigenvalue weighted by Gasteiger charge is 2.16. The molecule has 33 heavy (non-hydrogen) atoms. The number of carbonyl (C=O) groups is 1. The predicted octanol–water partition coefficient (Wildman–Crippen LogP) is 4.89. The molecule has 1 aromatic heterocycles. The van der Waals surface area contributed by atoms with Crippen LogP contribution in [0.4, 0.5) is 5.69 Å². The molecule has 0 aliphatic heterocycles. The predicted molar refractivity (Wildman–Crippen MR) is 129 cm³/mol. The molecule has 0 unspecified atom stereocenters. The maximum atomic E-state index is 12.5. The van der Waals surface area contributed by atoms with Crippen LogP contribution in [0.2, 0.25) is 0 Å². The Hall–Kier alpha value is -3.78. The van der Waals surface area contributed by atoms with Crippen LogP contribution in [0.15, 0.2) is 84.0 Å². The standard InChI is InChI=1S/C25H24N4O3S/c1-18-8-10-19(11-9-18)26-24(30)17-33-25-28-27-23(29(25)20-6-4-3-5-7-20)16-32-22-14-12-21(31-2)13-15-22/h3-15H,16-17H2,1-2H3,(H,26,30). The molecule has 0 aliphatic carbocycles. The summed E-state index contributed by atoms with van der Waals surface area (Å²) in [5, 5.41) is 12.2. The molecule has 8 heteroatoms. The number of thioether (sulfide) groups is 1. The number of rotatable bonds is 9. The summed E-state index contributed by atoms with van der Waals surface area (Å²) in [7, 11) is 1.62. The number of hydrogen-bond donors (Lipinski definition) is 1. The molecule has 0 saturated carbocycles. The summed E-state index contributed by atoms with van der Waals surface area (Å²) in [5.41, 5.74) is 2.81. The largest absolute Gasteiger partial charge is 0.497 e. The maximum absolute atomic E-state index is 12.5. The monoisotopic (exact) mass is 460 g/mol. The Bertz CT molecular complexity index is 1190. The number of nitrogens with one attached hydrogen (secondary N) is 1. The maximum Gasteiger partial charge on any atom is 0.234 e. The molecule has 1 heterocycles. The van der Waals surface area contributed by atoms with E-state index < -0.39 is 0 Å². The number of hydrogen-bond acceptors (Lipinski definition) is 6. The lowest BCUT2D eigenvalue weighted by Gasteiger charge is -2.11. The third-order valence-corrected chi connectivity index (χ3v) is 5.74. The molecule has 3 aromatic carbocycles. The van der Waals surface area contributed by atoms with Crippen molar-refractivity contribution in [2.24, 2.45) is 0 Å². The van der Waals surface area contributed by atoms with E-state index in [9.17, 15) is 4.79 Å². The lowest BCUT2D eigenvalue weighted by Crippen LogP contribution is -2.14. The highest BCUT2D eigenvalue weighted by molar-refractivity contribution is 7.99. The van der Waals surface area contributed by atoms with Gasteiger partial charge in [-0.3, -0.25) is 9.36 Å². The minimum atomic E-state index is -0.109. The Morgan fingerprint density at radius 3 is 2.33 bits per heavy atom. The summed E-state index contributed by atoms with van der Waals surface area (Å²) in [4.78, 5) is 12.5. The lowest BCUT2D eigenvalue weighted by molar-refractivity contribution is -0.113. The van der Waals surface area contributed by atoms with Crippen molar-refractivity contribution in [2.45, 2.75) is 18.7 Å². The summed E-state index contributed by atoms with van der Waals surface area (Å²) in [6.45, 7) is 2.23. The number of ether oxygens (including phenoxy) is 2. The van der Waals surface area contributed by atoms with Crippen molar-refractivity contribution >= 4 is 23.4 Å². The van der Waals surface area contributed by atoms with Gasteiger partial charge in [0.2, 0.25) is 5.91 Å². The van der Waals surface area contributed by atoms with Gasteiger partial charge in [0, 0.05) is 11.4 Å². The quantitative estimate of drug-likeness (QED) is 0.358. The van der Waals surface area contributed by atoms with Crippen LogP contribution >= 0.6 is 11.8 Å². The van der Waals surface area contributed by atoms with Crippen LogP contribution < -0.4 is 14.8 Å². The van der Waals surface area contributed by atoms with Gasteiger partial charge in [-0.15, -0.1) is 10.2 Å². The second-order valence-electron chi connectivity index (χ2n) is 7.24. The van der Waals surface area contributed by atoms with E-state index in [1.165, 1.54) is 11.8 Å². The third-order valence-electron chi connectivity index (χ3n) is 4.81. The van der Waals surface area contributed by atoms with Gasteiger partial charge in [-0.25, -0.2) is 0 Å². The minimum absolute atomic E-state index is 0.109. The molecule has 7 nitrogen and oxygen atoms in total. The number of aromatic nitrogens is 3. The first-order chi connectivity index (χ1) is 16.1. The van der Waals surface area contributed by atoms with E-state index in [0.29, 0.717) is 16.7 Å². The van der Waals surface area contributed by atoms with Gasteiger partial charge in [0.1, 0.15) is 18.1 Å². The zero-order chi connectivity index (χ0) is 23.0. The van der Waals surface area contributed by atoms with Gasteiger partial charge in [-0.05, 0) is 55.5 Å². The lowest BCUT2D eigenvalue weighted by atomic mass is 10.2. The van der Waals surface area contributed by atoms with Crippen LogP contribution in [-0.2, 0) is 11.4 Å². The Morgan fingerprint density at radius 1 is 0.939 bits per heavy atom. The molecular weight excluding hydrogens is 436 g/mol. The number of nitrogens with zero attached hydrogens (tertiary/aromatic N) is 3. The average Bonchev–Trinajstić information content (AvgIpc) is 3.26. The molecule has 0 aliphatic rings. The molecular formula is C25H24N4O3S. The minimum Gasteiger partial charge on any atom is -0.497 e. The van der Waals surface area contributed by atoms with Crippen LogP contribution in [0.3, 0.4) is 0 Å².